The normalized spacial score (nSPS) is 17.7. The van der Waals surface area contributed by atoms with Crippen LogP contribution in [0.1, 0.15) is 23.8 Å². The van der Waals surface area contributed by atoms with Crippen molar-refractivity contribution in [3.63, 3.8) is 0 Å². The lowest BCUT2D eigenvalue weighted by Crippen LogP contribution is -2.20. The number of rotatable bonds is 5. The molecule has 6 nitrogen and oxygen atoms in total. The Morgan fingerprint density at radius 3 is 2.88 bits per heavy atom. The van der Waals surface area contributed by atoms with Crippen molar-refractivity contribution >= 4 is 0 Å². The van der Waals surface area contributed by atoms with E-state index >= 15 is 0 Å². The number of likely N-dealkylation sites (tertiary alicyclic amines) is 1. The number of para-hydroxylation sites is 1. The lowest BCUT2D eigenvalue weighted by atomic mass is 10.1. The van der Waals surface area contributed by atoms with E-state index < -0.39 is 0 Å². The minimum atomic E-state index is 0.276. The molecule has 1 atom stereocenters. The van der Waals surface area contributed by atoms with E-state index in [-0.39, 0.29) is 5.92 Å². The van der Waals surface area contributed by atoms with Crippen molar-refractivity contribution < 1.29 is 9.26 Å². The third-order valence-electron chi connectivity index (χ3n) is 4.59. The summed E-state index contributed by atoms with van der Waals surface area (Å²) in [6.45, 7) is 2.79. The zero-order chi connectivity index (χ0) is 17.1. The number of methoxy groups -OCH3 is 1. The van der Waals surface area contributed by atoms with Gasteiger partial charge in [0.25, 0.3) is 0 Å². The van der Waals surface area contributed by atoms with Crippen LogP contribution in [0, 0.1) is 0 Å². The van der Waals surface area contributed by atoms with Gasteiger partial charge in [-0.1, -0.05) is 23.4 Å². The number of benzene rings is 1. The number of hydrogen-bond acceptors (Lipinski definition) is 6. The van der Waals surface area contributed by atoms with Crippen LogP contribution in [-0.4, -0.2) is 40.2 Å². The molecular formula is C19H20N4O2. The molecule has 0 radical (unpaired) electrons. The van der Waals surface area contributed by atoms with Crippen LogP contribution in [0.15, 0.2) is 53.3 Å². The molecule has 0 amide bonds. The molecule has 1 aromatic carbocycles. The second kappa shape index (κ2) is 7.03. The Morgan fingerprint density at radius 2 is 2.04 bits per heavy atom. The van der Waals surface area contributed by atoms with Crippen LogP contribution in [0.5, 0.6) is 5.75 Å². The van der Waals surface area contributed by atoms with E-state index in [4.69, 9.17) is 9.26 Å². The Morgan fingerprint density at radius 1 is 1.20 bits per heavy atom. The third kappa shape index (κ3) is 3.39. The molecule has 0 bridgehead atoms. The number of nitrogens with zero attached hydrogens (tertiary/aromatic N) is 4. The number of ether oxygens (including phenoxy) is 1. The molecule has 25 heavy (non-hydrogen) atoms. The molecule has 4 rings (SSSR count). The average molecular weight is 336 g/mol. The van der Waals surface area contributed by atoms with Crippen molar-refractivity contribution in [1.82, 2.24) is 20.0 Å². The Hall–Kier alpha value is -2.73. The lowest BCUT2D eigenvalue weighted by Gasteiger charge is -2.17. The number of aromatic nitrogens is 3. The highest BCUT2D eigenvalue weighted by molar-refractivity contribution is 5.52. The van der Waals surface area contributed by atoms with Crippen LogP contribution >= 0.6 is 0 Å². The molecular weight excluding hydrogens is 316 g/mol. The zero-order valence-corrected chi connectivity index (χ0v) is 14.1. The predicted molar refractivity (Wildman–Crippen MR) is 93.2 cm³/mol. The minimum absolute atomic E-state index is 0.276. The highest BCUT2D eigenvalue weighted by atomic mass is 16.5. The number of pyridine rings is 1. The van der Waals surface area contributed by atoms with Crippen LogP contribution in [0.2, 0.25) is 0 Å². The van der Waals surface area contributed by atoms with Crippen LogP contribution in [0.3, 0.4) is 0 Å². The van der Waals surface area contributed by atoms with Crippen LogP contribution in [0.25, 0.3) is 11.4 Å². The fourth-order valence-electron chi connectivity index (χ4n) is 3.27. The first-order chi connectivity index (χ1) is 12.3. The van der Waals surface area contributed by atoms with Crippen molar-refractivity contribution in [1.29, 1.82) is 0 Å². The van der Waals surface area contributed by atoms with E-state index in [1.165, 1.54) is 5.56 Å². The van der Waals surface area contributed by atoms with Crippen molar-refractivity contribution in [2.75, 3.05) is 20.2 Å². The monoisotopic (exact) mass is 336 g/mol. The SMILES string of the molecule is COc1ccccc1CN1CC[C@H](c2nc(-c3ccncc3)no2)C1. The Bertz CT molecular complexity index is 834. The van der Waals surface area contributed by atoms with Crippen LogP contribution in [0.4, 0.5) is 0 Å². The average Bonchev–Trinajstić information content (AvgIpc) is 3.32. The summed E-state index contributed by atoms with van der Waals surface area (Å²) in [7, 11) is 1.71. The van der Waals surface area contributed by atoms with Gasteiger partial charge in [-0.15, -0.1) is 0 Å². The van der Waals surface area contributed by atoms with Gasteiger partial charge in [-0.05, 0) is 31.2 Å². The topological polar surface area (TPSA) is 64.3 Å². The van der Waals surface area contributed by atoms with Crippen LogP contribution < -0.4 is 4.74 Å². The second-order valence-corrected chi connectivity index (χ2v) is 6.22. The lowest BCUT2D eigenvalue weighted by molar-refractivity contribution is 0.303. The van der Waals surface area contributed by atoms with E-state index in [0.717, 1.165) is 37.4 Å². The highest BCUT2D eigenvalue weighted by Gasteiger charge is 2.29. The van der Waals surface area contributed by atoms with Gasteiger partial charge >= 0.3 is 0 Å². The number of hydrogen-bond donors (Lipinski definition) is 0. The molecule has 0 aliphatic carbocycles. The van der Waals surface area contributed by atoms with Gasteiger partial charge in [0, 0.05) is 36.6 Å². The van der Waals surface area contributed by atoms with Gasteiger partial charge in [0.15, 0.2) is 0 Å². The summed E-state index contributed by atoms with van der Waals surface area (Å²) in [5, 5.41) is 4.12. The van der Waals surface area contributed by atoms with E-state index in [1.54, 1.807) is 19.5 Å². The molecule has 3 aromatic rings. The zero-order valence-electron chi connectivity index (χ0n) is 14.1. The Balaban J connectivity index is 1.43. The molecule has 1 aliphatic rings. The predicted octanol–water partition coefficient (Wildman–Crippen LogP) is 3.13. The van der Waals surface area contributed by atoms with Crippen molar-refractivity contribution in [2.45, 2.75) is 18.9 Å². The largest absolute Gasteiger partial charge is 0.496 e. The van der Waals surface area contributed by atoms with E-state index in [9.17, 15) is 0 Å². The molecule has 1 saturated heterocycles. The minimum Gasteiger partial charge on any atom is -0.496 e. The second-order valence-electron chi connectivity index (χ2n) is 6.22. The van der Waals surface area contributed by atoms with Gasteiger partial charge in [-0.3, -0.25) is 9.88 Å². The highest BCUT2D eigenvalue weighted by Crippen LogP contribution is 2.30. The van der Waals surface area contributed by atoms with Gasteiger partial charge < -0.3 is 9.26 Å². The molecule has 0 N–H and O–H groups in total. The van der Waals surface area contributed by atoms with Crippen molar-refractivity contribution in [2.24, 2.45) is 0 Å². The van der Waals surface area contributed by atoms with Crippen molar-refractivity contribution in [3.05, 3.63) is 60.2 Å². The quantitative estimate of drug-likeness (QED) is 0.713. The summed E-state index contributed by atoms with van der Waals surface area (Å²) in [6, 6.07) is 11.9. The maximum atomic E-state index is 5.51. The maximum absolute atomic E-state index is 5.51. The van der Waals surface area contributed by atoms with Crippen molar-refractivity contribution in [3.8, 4) is 17.1 Å². The molecule has 3 heterocycles. The first-order valence-electron chi connectivity index (χ1n) is 8.42. The molecule has 0 saturated carbocycles. The van der Waals surface area contributed by atoms with Gasteiger partial charge in [0.1, 0.15) is 5.75 Å². The van der Waals surface area contributed by atoms with Gasteiger partial charge in [-0.25, -0.2) is 0 Å². The fraction of sp³-hybridized carbons (Fsp3) is 0.316. The van der Waals surface area contributed by atoms with Gasteiger partial charge in [-0.2, -0.15) is 4.98 Å². The first-order valence-corrected chi connectivity index (χ1v) is 8.42. The fourth-order valence-corrected chi connectivity index (χ4v) is 3.27. The Kier molecular flexibility index (Phi) is 4.43. The Labute approximate surface area is 146 Å². The smallest absolute Gasteiger partial charge is 0.231 e. The summed E-state index contributed by atoms with van der Waals surface area (Å²) >= 11 is 0. The van der Waals surface area contributed by atoms with E-state index in [0.29, 0.717) is 11.7 Å². The third-order valence-corrected chi connectivity index (χ3v) is 4.59. The summed E-state index contributed by atoms with van der Waals surface area (Å²) in [6.07, 6.45) is 4.49. The summed E-state index contributed by atoms with van der Waals surface area (Å²) < 4.78 is 11.0. The first kappa shape index (κ1) is 15.8. The summed E-state index contributed by atoms with van der Waals surface area (Å²) in [5.74, 6) is 2.55. The summed E-state index contributed by atoms with van der Waals surface area (Å²) in [4.78, 5) is 11.0. The summed E-state index contributed by atoms with van der Waals surface area (Å²) in [5.41, 5.74) is 2.13. The van der Waals surface area contributed by atoms with E-state index in [1.807, 2.05) is 30.3 Å². The standard InChI is InChI=1S/C19H20N4O2/c1-24-17-5-3-2-4-15(17)12-23-11-8-16(13-23)19-21-18(22-25-19)14-6-9-20-10-7-14/h2-7,9-10,16H,8,11-13H2,1H3/t16-/m0/s1. The van der Waals surface area contributed by atoms with Gasteiger partial charge in [0.2, 0.25) is 11.7 Å². The molecule has 1 aliphatic heterocycles. The molecule has 0 unspecified atom stereocenters. The molecule has 6 heteroatoms. The molecule has 128 valence electrons. The van der Waals surface area contributed by atoms with E-state index in [2.05, 4.69) is 26.1 Å². The molecule has 0 spiro atoms. The van der Waals surface area contributed by atoms with Crippen LogP contribution in [-0.2, 0) is 6.54 Å². The maximum Gasteiger partial charge on any atom is 0.231 e. The molecule has 2 aromatic heterocycles. The molecule has 1 fully saturated rings. The van der Waals surface area contributed by atoms with Gasteiger partial charge in [0.05, 0.1) is 13.0 Å².